The topological polar surface area (TPSA) is 80.3 Å². The van der Waals surface area contributed by atoms with Gasteiger partial charge >= 0.3 is 0 Å². The van der Waals surface area contributed by atoms with E-state index in [1.165, 1.54) is 0 Å². The molecule has 4 unspecified atom stereocenters. The lowest BCUT2D eigenvalue weighted by molar-refractivity contribution is -0.133. The number of ketones is 3. The molecule has 0 aromatic heterocycles. The van der Waals surface area contributed by atoms with Crippen LogP contribution in [-0.4, -0.2) is 29.3 Å². The minimum absolute atomic E-state index is 0.0663. The molecule has 4 atom stereocenters. The Hall–Kier alpha value is -1.52. The van der Waals surface area contributed by atoms with Crippen LogP contribution in [0.4, 0.5) is 0 Å². The lowest BCUT2D eigenvalue weighted by atomic mass is 9.87. The summed E-state index contributed by atoms with van der Waals surface area (Å²) in [6, 6.07) is -0.609. The van der Waals surface area contributed by atoms with Crippen molar-refractivity contribution < 1.29 is 19.2 Å². The van der Waals surface area contributed by atoms with Crippen molar-refractivity contribution in [3.05, 3.63) is 0 Å². The molecule has 0 rings (SSSR count). The number of Topliss-reactive ketones (excluding diaryl/α,β-unsaturated/α-hetero) is 3. The van der Waals surface area contributed by atoms with E-state index < -0.39 is 12.0 Å². The van der Waals surface area contributed by atoms with Gasteiger partial charge in [0.1, 0.15) is 11.6 Å². The van der Waals surface area contributed by atoms with Crippen LogP contribution in [-0.2, 0) is 19.2 Å². The predicted molar refractivity (Wildman–Crippen MR) is 104 cm³/mol. The van der Waals surface area contributed by atoms with Crippen LogP contribution < -0.4 is 5.32 Å². The zero-order chi connectivity index (χ0) is 20.6. The molecule has 0 radical (unpaired) electrons. The van der Waals surface area contributed by atoms with Crippen LogP contribution in [0.25, 0.3) is 0 Å². The number of hydrogen-bond donors (Lipinski definition) is 1. The maximum atomic E-state index is 12.3. The van der Waals surface area contributed by atoms with Crippen LogP contribution in [0.1, 0.15) is 74.7 Å². The lowest BCUT2D eigenvalue weighted by Crippen LogP contribution is -2.42. The number of hydrogen-bond acceptors (Lipinski definition) is 4. The first-order valence-electron chi connectivity index (χ1n) is 9.76. The fourth-order valence-electron chi connectivity index (χ4n) is 3.02. The summed E-state index contributed by atoms with van der Waals surface area (Å²) in [6.45, 7) is 14.7. The first-order chi connectivity index (χ1) is 11.9. The van der Waals surface area contributed by atoms with Crippen LogP contribution >= 0.6 is 0 Å². The summed E-state index contributed by atoms with van der Waals surface area (Å²) in [5.41, 5.74) is 0. The Morgan fingerprint density at radius 2 is 1.19 bits per heavy atom. The SMILES string of the molecule is CC(C)CC(C)C(=O)NC(C)C(=O)CC(C)C(=O)CC(C)C(=O)C(C)C. The molecule has 150 valence electrons. The van der Waals surface area contributed by atoms with Crippen LogP contribution in [0.2, 0.25) is 0 Å². The van der Waals surface area contributed by atoms with Gasteiger partial charge in [-0.15, -0.1) is 0 Å². The van der Waals surface area contributed by atoms with Crippen molar-refractivity contribution in [1.82, 2.24) is 5.32 Å². The maximum absolute atomic E-state index is 12.3. The Kier molecular flexibility index (Phi) is 10.6. The Morgan fingerprint density at radius 1 is 0.692 bits per heavy atom. The highest BCUT2D eigenvalue weighted by Gasteiger charge is 2.26. The summed E-state index contributed by atoms with van der Waals surface area (Å²) in [5.74, 6) is -0.900. The standard InChI is InChI=1S/C21H37NO4/c1-12(2)9-16(7)21(26)22-17(8)19(24)10-14(5)18(23)11-15(6)20(25)13(3)4/h12-17H,9-11H2,1-8H3,(H,22,26). The molecular formula is C21H37NO4. The minimum Gasteiger partial charge on any atom is -0.346 e. The second kappa shape index (κ2) is 11.2. The van der Waals surface area contributed by atoms with Crippen molar-refractivity contribution in [3.8, 4) is 0 Å². The minimum atomic E-state index is -0.609. The normalized spacial score (nSPS) is 16.1. The zero-order valence-electron chi connectivity index (χ0n) is 17.7. The molecule has 0 aromatic rings. The van der Waals surface area contributed by atoms with Crippen molar-refractivity contribution in [1.29, 1.82) is 0 Å². The van der Waals surface area contributed by atoms with E-state index in [0.717, 1.165) is 6.42 Å². The molecule has 1 N–H and O–H groups in total. The highest BCUT2D eigenvalue weighted by atomic mass is 16.2. The highest BCUT2D eigenvalue weighted by Crippen LogP contribution is 2.17. The van der Waals surface area contributed by atoms with Crippen molar-refractivity contribution in [2.45, 2.75) is 80.7 Å². The second-order valence-corrected chi connectivity index (χ2v) is 8.46. The third kappa shape index (κ3) is 8.72. The first kappa shape index (κ1) is 24.5. The van der Waals surface area contributed by atoms with Gasteiger partial charge in [0, 0.05) is 36.5 Å². The van der Waals surface area contributed by atoms with Gasteiger partial charge in [-0.3, -0.25) is 19.2 Å². The molecule has 0 aromatic carbocycles. The van der Waals surface area contributed by atoms with Crippen LogP contribution in [0, 0.1) is 29.6 Å². The van der Waals surface area contributed by atoms with Gasteiger partial charge in [0.05, 0.1) is 6.04 Å². The fraction of sp³-hybridized carbons (Fsp3) is 0.810. The van der Waals surface area contributed by atoms with E-state index in [9.17, 15) is 19.2 Å². The summed E-state index contributed by atoms with van der Waals surface area (Å²) in [5, 5.41) is 2.75. The number of amides is 1. The second-order valence-electron chi connectivity index (χ2n) is 8.46. The molecular weight excluding hydrogens is 330 g/mol. The van der Waals surface area contributed by atoms with E-state index in [2.05, 4.69) is 19.2 Å². The predicted octanol–water partition coefficient (Wildman–Crippen LogP) is 3.59. The van der Waals surface area contributed by atoms with E-state index in [1.54, 1.807) is 20.8 Å². The number of carbonyl (C=O) groups is 4. The molecule has 1 amide bonds. The molecule has 0 fully saturated rings. The largest absolute Gasteiger partial charge is 0.346 e. The summed E-state index contributed by atoms with van der Waals surface area (Å²) >= 11 is 0. The maximum Gasteiger partial charge on any atom is 0.223 e. The van der Waals surface area contributed by atoms with Gasteiger partial charge in [-0.1, -0.05) is 48.5 Å². The smallest absolute Gasteiger partial charge is 0.223 e. The van der Waals surface area contributed by atoms with E-state index >= 15 is 0 Å². The third-order valence-electron chi connectivity index (χ3n) is 4.73. The molecule has 0 heterocycles. The van der Waals surface area contributed by atoms with Crippen LogP contribution in [0.5, 0.6) is 0 Å². The van der Waals surface area contributed by atoms with E-state index in [0.29, 0.717) is 5.92 Å². The number of nitrogens with one attached hydrogen (secondary N) is 1. The Labute approximate surface area is 158 Å². The fourth-order valence-corrected chi connectivity index (χ4v) is 3.02. The van der Waals surface area contributed by atoms with Crippen molar-refractivity contribution >= 4 is 23.3 Å². The average Bonchev–Trinajstić information content (AvgIpc) is 2.52. The van der Waals surface area contributed by atoms with Gasteiger partial charge < -0.3 is 5.32 Å². The molecule has 0 spiro atoms. The zero-order valence-corrected chi connectivity index (χ0v) is 17.7. The summed E-state index contributed by atoms with van der Waals surface area (Å²) < 4.78 is 0. The van der Waals surface area contributed by atoms with Crippen molar-refractivity contribution in [3.63, 3.8) is 0 Å². The molecule has 0 aliphatic rings. The van der Waals surface area contributed by atoms with Gasteiger partial charge in [0.2, 0.25) is 5.91 Å². The van der Waals surface area contributed by atoms with Gasteiger partial charge in [-0.05, 0) is 19.3 Å². The Bertz CT molecular complexity index is 510. The van der Waals surface area contributed by atoms with Gasteiger partial charge in [0.25, 0.3) is 0 Å². The summed E-state index contributed by atoms with van der Waals surface area (Å²) in [4.78, 5) is 48.7. The van der Waals surface area contributed by atoms with Crippen molar-refractivity contribution in [2.24, 2.45) is 29.6 Å². The molecule has 0 aliphatic heterocycles. The Morgan fingerprint density at radius 3 is 1.65 bits per heavy atom. The van der Waals surface area contributed by atoms with Gasteiger partial charge in [-0.25, -0.2) is 0 Å². The third-order valence-corrected chi connectivity index (χ3v) is 4.73. The molecule has 0 aliphatic carbocycles. The first-order valence-corrected chi connectivity index (χ1v) is 9.76. The molecule has 0 saturated heterocycles. The molecule has 0 bridgehead atoms. The number of rotatable bonds is 12. The monoisotopic (exact) mass is 367 g/mol. The molecule has 5 heteroatoms. The summed E-state index contributed by atoms with van der Waals surface area (Å²) in [6.07, 6.45) is 1.02. The highest BCUT2D eigenvalue weighted by molar-refractivity contribution is 5.94. The number of carbonyl (C=O) groups excluding carboxylic acids is 4. The quantitative estimate of drug-likeness (QED) is 0.571. The molecule has 0 saturated carbocycles. The lowest BCUT2D eigenvalue weighted by Gasteiger charge is -2.20. The summed E-state index contributed by atoms with van der Waals surface area (Å²) in [7, 11) is 0. The van der Waals surface area contributed by atoms with E-state index in [4.69, 9.17) is 0 Å². The molecule has 26 heavy (non-hydrogen) atoms. The Balaban J connectivity index is 4.53. The van der Waals surface area contributed by atoms with E-state index in [1.807, 2.05) is 20.8 Å². The van der Waals surface area contributed by atoms with Crippen LogP contribution in [0.3, 0.4) is 0 Å². The van der Waals surface area contributed by atoms with Crippen LogP contribution in [0.15, 0.2) is 0 Å². The van der Waals surface area contributed by atoms with Crippen molar-refractivity contribution in [2.75, 3.05) is 0 Å². The van der Waals surface area contributed by atoms with Gasteiger partial charge in [-0.2, -0.15) is 0 Å². The average molecular weight is 368 g/mol. The molecule has 5 nitrogen and oxygen atoms in total. The van der Waals surface area contributed by atoms with Gasteiger partial charge in [0.15, 0.2) is 5.78 Å². The van der Waals surface area contributed by atoms with E-state index in [-0.39, 0.29) is 53.9 Å².